The highest BCUT2D eigenvalue weighted by molar-refractivity contribution is 5.94. The molecular formula is C26H24N4O3. The van der Waals surface area contributed by atoms with E-state index in [0.29, 0.717) is 11.1 Å². The van der Waals surface area contributed by atoms with Crippen molar-refractivity contribution in [2.24, 2.45) is 0 Å². The molecule has 7 nitrogen and oxygen atoms in total. The number of nitrogens with zero attached hydrogens (tertiary/aromatic N) is 4. The van der Waals surface area contributed by atoms with Crippen LogP contribution in [0.1, 0.15) is 24.0 Å². The summed E-state index contributed by atoms with van der Waals surface area (Å²) in [6.45, 7) is 5.82. The Hall–Kier alpha value is -4.00. The van der Waals surface area contributed by atoms with Gasteiger partial charge < -0.3 is 4.90 Å². The molecule has 0 bridgehead atoms. The van der Waals surface area contributed by atoms with Crippen LogP contribution >= 0.6 is 0 Å². The molecule has 2 heterocycles. The predicted molar refractivity (Wildman–Crippen MR) is 130 cm³/mol. The van der Waals surface area contributed by atoms with E-state index in [0.717, 1.165) is 53.7 Å². The van der Waals surface area contributed by atoms with Crippen LogP contribution in [0.2, 0.25) is 0 Å². The topological polar surface area (TPSA) is 81.3 Å². The van der Waals surface area contributed by atoms with E-state index < -0.39 is 4.92 Å². The van der Waals surface area contributed by atoms with Crippen molar-refractivity contribution in [3.05, 3.63) is 92.3 Å². The molecule has 1 aromatic heterocycles. The Kier molecular flexibility index (Phi) is 5.17. The maximum atomic E-state index is 13.5. The minimum Gasteiger partial charge on any atom is -0.371 e. The SMILES string of the molecule is Cc1ccc(-c2nn(-c3cc(N4CCCC4)ccc3[N+](=O)[O-])c(=O)c3ccccc23)c(C)c1. The number of nitro benzene ring substituents is 1. The monoisotopic (exact) mass is 440 g/mol. The van der Waals surface area contributed by atoms with Crippen LogP contribution in [0.25, 0.3) is 27.7 Å². The number of aryl methyl sites for hydroxylation is 2. The zero-order valence-electron chi connectivity index (χ0n) is 18.6. The number of fused-ring (bicyclic) bond motifs is 1. The lowest BCUT2D eigenvalue weighted by atomic mass is 9.99. The molecular weight excluding hydrogens is 416 g/mol. The van der Waals surface area contributed by atoms with Gasteiger partial charge in [-0.3, -0.25) is 14.9 Å². The molecule has 7 heteroatoms. The van der Waals surface area contributed by atoms with Crippen LogP contribution in [-0.2, 0) is 0 Å². The van der Waals surface area contributed by atoms with Crippen molar-refractivity contribution in [3.8, 4) is 16.9 Å². The van der Waals surface area contributed by atoms with Crippen molar-refractivity contribution in [3.63, 3.8) is 0 Å². The first-order valence-corrected chi connectivity index (χ1v) is 11.1. The second-order valence-electron chi connectivity index (χ2n) is 8.55. The van der Waals surface area contributed by atoms with E-state index in [-0.39, 0.29) is 16.9 Å². The van der Waals surface area contributed by atoms with E-state index in [1.54, 1.807) is 24.3 Å². The summed E-state index contributed by atoms with van der Waals surface area (Å²) in [7, 11) is 0. The average molecular weight is 441 g/mol. The van der Waals surface area contributed by atoms with Gasteiger partial charge in [0.25, 0.3) is 11.2 Å². The van der Waals surface area contributed by atoms with Crippen LogP contribution in [0.4, 0.5) is 11.4 Å². The van der Waals surface area contributed by atoms with E-state index in [1.165, 1.54) is 10.7 Å². The fourth-order valence-corrected chi connectivity index (χ4v) is 4.64. The molecule has 0 N–H and O–H groups in total. The van der Waals surface area contributed by atoms with Crippen LogP contribution in [0, 0.1) is 24.0 Å². The molecule has 33 heavy (non-hydrogen) atoms. The Morgan fingerprint density at radius 2 is 1.67 bits per heavy atom. The molecule has 0 unspecified atom stereocenters. The van der Waals surface area contributed by atoms with Crippen molar-refractivity contribution in [1.82, 2.24) is 9.78 Å². The zero-order valence-corrected chi connectivity index (χ0v) is 18.6. The summed E-state index contributed by atoms with van der Waals surface area (Å²) in [5.41, 5.74) is 4.21. The number of aromatic nitrogens is 2. The third kappa shape index (κ3) is 3.65. The first kappa shape index (κ1) is 20.9. The van der Waals surface area contributed by atoms with Gasteiger partial charge in [-0.25, -0.2) is 0 Å². The number of benzene rings is 3. The summed E-state index contributed by atoms with van der Waals surface area (Å²) < 4.78 is 1.20. The highest BCUT2D eigenvalue weighted by Crippen LogP contribution is 2.32. The Labute approximate surface area is 191 Å². The summed E-state index contributed by atoms with van der Waals surface area (Å²) in [5.74, 6) is 0. The van der Waals surface area contributed by atoms with Crippen molar-refractivity contribution in [2.75, 3.05) is 18.0 Å². The third-order valence-electron chi connectivity index (χ3n) is 6.30. The lowest BCUT2D eigenvalue weighted by molar-refractivity contribution is -0.384. The standard InChI is InChI=1S/C26H24N4O3/c1-17-9-11-20(18(2)15-17)25-21-7-3-4-8-22(21)26(31)29(27-25)24-16-19(28-13-5-6-14-28)10-12-23(24)30(32)33/h3-4,7-12,15-16H,5-6,13-14H2,1-2H3. The number of anilines is 1. The maximum Gasteiger partial charge on any atom is 0.295 e. The van der Waals surface area contributed by atoms with Gasteiger partial charge in [0.2, 0.25) is 0 Å². The summed E-state index contributed by atoms with van der Waals surface area (Å²) in [6, 6.07) is 18.3. The van der Waals surface area contributed by atoms with E-state index in [4.69, 9.17) is 5.10 Å². The Balaban J connectivity index is 1.82. The molecule has 0 saturated carbocycles. The van der Waals surface area contributed by atoms with Gasteiger partial charge in [-0.1, -0.05) is 42.0 Å². The van der Waals surface area contributed by atoms with E-state index in [9.17, 15) is 14.9 Å². The Bertz CT molecular complexity index is 1450. The van der Waals surface area contributed by atoms with Crippen molar-refractivity contribution < 1.29 is 4.92 Å². The van der Waals surface area contributed by atoms with Crippen LogP contribution in [0.15, 0.2) is 65.5 Å². The minimum absolute atomic E-state index is 0.144. The number of hydrogen-bond donors (Lipinski definition) is 0. The normalized spacial score (nSPS) is 13.6. The van der Waals surface area contributed by atoms with E-state index in [2.05, 4.69) is 11.0 Å². The van der Waals surface area contributed by atoms with Gasteiger partial charge in [-0.2, -0.15) is 9.78 Å². The number of rotatable bonds is 4. The molecule has 1 aliphatic rings. The summed E-state index contributed by atoms with van der Waals surface area (Å²) in [6.07, 6.45) is 2.16. The molecule has 1 saturated heterocycles. The van der Waals surface area contributed by atoms with E-state index in [1.807, 2.05) is 38.1 Å². The average Bonchev–Trinajstić information content (AvgIpc) is 3.35. The van der Waals surface area contributed by atoms with Crippen molar-refractivity contribution >= 4 is 22.1 Å². The second kappa shape index (κ2) is 8.16. The van der Waals surface area contributed by atoms with Gasteiger partial charge in [-0.05, 0) is 50.5 Å². The predicted octanol–water partition coefficient (Wildman–Crippen LogP) is 5.18. The molecule has 1 aliphatic heterocycles. The molecule has 166 valence electrons. The van der Waals surface area contributed by atoms with Gasteiger partial charge >= 0.3 is 0 Å². The first-order chi connectivity index (χ1) is 15.9. The highest BCUT2D eigenvalue weighted by atomic mass is 16.6. The maximum absolute atomic E-state index is 13.5. The van der Waals surface area contributed by atoms with Gasteiger partial charge in [0, 0.05) is 35.8 Å². The van der Waals surface area contributed by atoms with Crippen LogP contribution in [-0.4, -0.2) is 27.8 Å². The molecule has 0 atom stereocenters. The smallest absolute Gasteiger partial charge is 0.295 e. The van der Waals surface area contributed by atoms with E-state index >= 15 is 0 Å². The quantitative estimate of drug-likeness (QED) is 0.323. The van der Waals surface area contributed by atoms with Crippen LogP contribution < -0.4 is 10.5 Å². The molecule has 5 rings (SSSR count). The minimum atomic E-state index is -0.455. The molecule has 4 aromatic rings. The fraction of sp³-hybridized carbons (Fsp3) is 0.231. The number of hydrogen-bond acceptors (Lipinski definition) is 5. The zero-order chi connectivity index (χ0) is 23.1. The van der Waals surface area contributed by atoms with Crippen LogP contribution in [0.3, 0.4) is 0 Å². The number of nitro groups is 1. The fourth-order valence-electron chi connectivity index (χ4n) is 4.64. The van der Waals surface area contributed by atoms with Crippen LogP contribution in [0.5, 0.6) is 0 Å². The van der Waals surface area contributed by atoms with Gasteiger partial charge in [0.1, 0.15) is 5.69 Å². The molecule has 0 spiro atoms. The summed E-state index contributed by atoms with van der Waals surface area (Å²) in [4.78, 5) is 27.2. The molecule has 3 aromatic carbocycles. The molecule has 0 aliphatic carbocycles. The molecule has 0 radical (unpaired) electrons. The summed E-state index contributed by atoms with van der Waals surface area (Å²) in [5, 5.41) is 17.8. The Morgan fingerprint density at radius 1 is 0.939 bits per heavy atom. The van der Waals surface area contributed by atoms with Crippen molar-refractivity contribution in [1.29, 1.82) is 0 Å². The van der Waals surface area contributed by atoms with Gasteiger partial charge in [0.05, 0.1) is 16.0 Å². The molecule has 1 fully saturated rings. The second-order valence-corrected chi connectivity index (χ2v) is 8.55. The highest BCUT2D eigenvalue weighted by Gasteiger charge is 2.23. The largest absolute Gasteiger partial charge is 0.371 e. The lowest BCUT2D eigenvalue weighted by Crippen LogP contribution is -2.24. The Morgan fingerprint density at radius 3 is 2.36 bits per heavy atom. The molecule has 0 amide bonds. The first-order valence-electron chi connectivity index (χ1n) is 11.1. The lowest BCUT2D eigenvalue weighted by Gasteiger charge is -2.19. The van der Waals surface area contributed by atoms with Crippen molar-refractivity contribution in [2.45, 2.75) is 26.7 Å². The third-order valence-corrected chi connectivity index (χ3v) is 6.30. The summed E-state index contributed by atoms with van der Waals surface area (Å²) >= 11 is 0. The van der Waals surface area contributed by atoms with Gasteiger partial charge in [0.15, 0.2) is 0 Å². The van der Waals surface area contributed by atoms with Gasteiger partial charge in [-0.15, -0.1) is 0 Å².